The minimum atomic E-state index is -0.0659. The van der Waals surface area contributed by atoms with E-state index < -0.39 is 0 Å². The van der Waals surface area contributed by atoms with Crippen LogP contribution in [0.4, 0.5) is 5.69 Å². The van der Waals surface area contributed by atoms with Gasteiger partial charge in [-0.3, -0.25) is 4.84 Å². The first-order valence-electron chi connectivity index (χ1n) is 7.15. The fourth-order valence-electron chi connectivity index (χ4n) is 2.67. The molecule has 0 fully saturated rings. The van der Waals surface area contributed by atoms with Crippen LogP contribution in [0.15, 0.2) is 54.6 Å². The van der Waals surface area contributed by atoms with Crippen LogP contribution in [0.2, 0.25) is 0 Å². The van der Waals surface area contributed by atoms with E-state index in [1.807, 2.05) is 6.07 Å². The summed E-state index contributed by atoms with van der Waals surface area (Å²) in [6.45, 7) is 6.53. The van der Waals surface area contributed by atoms with Gasteiger partial charge in [0, 0.05) is 6.42 Å². The van der Waals surface area contributed by atoms with E-state index in [4.69, 9.17) is 4.84 Å². The summed E-state index contributed by atoms with van der Waals surface area (Å²) in [6.07, 6.45) is 1.01. The predicted molar refractivity (Wildman–Crippen MR) is 82.6 cm³/mol. The summed E-state index contributed by atoms with van der Waals surface area (Å²) in [5.41, 5.74) is 3.70. The molecule has 0 aliphatic carbocycles. The molecule has 0 aromatic heterocycles. The molecule has 104 valence electrons. The third-order valence-electron chi connectivity index (χ3n) is 3.63. The predicted octanol–water partition coefficient (Wildman–Crippen LogP) is 4.52. The monoisotopic (exact) mass is 267 g/mol. The molecule has 1 atom stereocenters. The molecule has 2 aromatic carbocycles. The molecule has 0 N–H and O–H groups in total. The Kier molecular flexibility index (Phi) is 3.27. The molecule has 2 nitrogen and oxygen atoms in total. The molecular weight excluding hydrogens is 246 g/mol. The second-order valence-electron chi connectivity index (χ2n) is 6.30. The highest BCUT2D eigenvalue weighted by molar-refractivity contribution is 5.55. The lowest BCUT2D eigenvalue weighted by molar-refractivity contribution is -0.00911. The van der Waals surface area contributed by atoms with E-state index in [0.29, 0.717) is 0 Å². The number of anilines is 1. The summed E-state index contributed by atoms with van der Waals surface area (Å²) < 4.78 is 0. The van der Waals surface area contributed by atoms with Gasteiger partial charge in [-0.2, -0.15) is 0 Å². The van der Waals surface area contributed by atoms with E-state index in [0.717, 1.165) is 6.42 Å². The molecular formula is C18H21NO. The Bertz CT molecular complexity index is 586. The van der Waals surface area contributed by atoms with E-state index >= 15 is 0 Å². The summed E-state index contributed by atoms with van der Waals surface area (Å²) >= 11 is 0. The fraction of sp³-hybridized carbons (Fsp3) is 0.333. The summed E-state index contributed by atoms with van der Waals surface area (Å²) in [5.74, 6) is 0. The first kappa shape index (κ1) is 13.2. The van der Waals surface area contributed by atoms with Gasteiger partial charge in [0.1, 0.15) is 6.10 Å². The highest BCUT2D eigenvalue weighted by Crippen LogP contribution is 2.39. The molecule has 2 heteroatoms. The molecule has 1 unspecified atom stereocenters. The lowest BCUT2D eigenvalue weighted by Gasteiger charge is -2.43. The summed E-state index contributed by atoms with van der Waals surface area (Å²) in [6, 6.07) is 19.0. The lowest BCUT2D eigenvalue weighted by atomic mass is 9.96. The number of hydrogen-bond donors (Lipinski definition) is 0. The first-order chi connectivity index (χ1) is 9.55. The highest BCUT2D eigenvalue weighted by atomic mass is 16.7. The number of nitrogens with zero attached hydrogens (tertiary/aromatic N) is 1. The zero-order chi connectivity index (χ0) is 14.2. The van der Waals surface area contributed by atoms with E-state index in [1.54, 1.807) is 0 Å². The van der Waals surface area contributed by atoms with E-state index in [9.17, 15) is 0 Å². The smallest absolute Gasteiger partial charge is 0.115 e. The number of rotatable bonds is 1. The molecule has 0 saturated heterocycles. The maximum Gasteiger partial charge on any atom is 0.115 e. The van der Waals surface area contributed by atoms with Crippen molar-refractivity contribution in [2.45, 2.75) is 38.8 Å². The van der Waals surface area contributed by atoms with Crippen LogP contribution in [0, 0.1) is 0 Å². The third-order valence-corrected chi connectivity index (χ3v) is 3.63. The summed E-state index contributed by atoms with van der Waals surface area (Å²) in [5, 5.41) is 2.06. The molecule has 0 radical (unpaired) electrons. The number of fused-ring (bicyclic) bond motifs is 1. The van der Waals surface area contributed by atoms with Crippen LogP contribution < -0.4 is 5.06 Å². The van der Waals surface area contributed by atoms with Crippen LogP contribution in [-0.4, -0.2) is 5.54 Å². The Balaban J connectivity index is 2.01. The quantitative estimate of drug-likeness (QED) is 0.753. The van der Waals surface area contributed by atoms with Crippen LogP contribution >= 0.6 is 0 Å². The summed E-state index contributed by atoms with van der Waals surface area (Å²) in [7, 11) is 0. The van der Waals surface area contributed by atoms with E-state index in [2.05, 4.69) is 74.4 Å². The van der Waals surface area contributed by atoms with Crippen LogP contribution in [0.1, 0.15) is 38.0 Å². The Labute approximate surface area is 120 Å². The van der Waals surface area contributed by atoms with Crippen LogP contribution in [0.5, 0.6) is 0 Å². The van der Waals surface area contributed by atoms with Crippen LogP contribution in [0.25, 0.3) is 0 Å². The summed E-state index contributed by atoms with van der Waals surface area (Å²) in [4.78, 5) is 6.30. The molecule has 1 aliphatic rings. The van der Waals surface area contributed by atoms with E-state index in [1.165, 1.54) is 16.8 Å². The molecule has 1 aliphatic heterocycles. The minimum Gasteiger partial charge on any atom is -0.264 e. The van der Waals surface area contributed by atoms with Gasteiger partial charge < -0.3 is 0 Å². The average molecular weight is 267 g/mol. The standard InChI is InChI=1S/C18H21NO/c1-18(2,3)19-16-12-8-7-11-15(16)13-17(20-19)14-9-5-4-6-10-14/h4-12,17H,13H2,1-3H3. The SMILES string of the molecule is CC(C)(C)N1OC(c2ccccc2)Cc2ccccc21. The molecule has 1 heterocycles. The molecule has 3 rings (SSSR count). The largest absolute Gasteiger partial charge is 0.264 e. The van der Waals surface area contributed by atoms with Crippen molar-refractivity contribution < 1.29 is 4.84 Å². The second kappa shape index (κ2) is 4.95. The third kappa shape index (κ3) is 2.44. The van der Waals surface area contributed by atoms with Gasteiger partial charge in [0.05, 0.1) is 11.2 Å². The van der Waals surface area contributed by atoms with Gasteiger partial charge in [-0.1, -0.05) is 48.5 Å². The average Bonchev–Trinajstić information content (AvgIpc) is 2.46. The molecule has 2 aromatic rings. The van der Waals surface area contributed by atoms with Gasteiger partial charge in [0.2, 0.25) is 0 Å². The Hall–Kier alpha value is -1.80. The zero-order valence-corrected chi connectivity index (χ0v) is 12.3. The molecule has 0 bridgehead atoms. The van der Waals surface area contributed by atoms with Crippen molar-refractivity contribution in [3.05, 3.63) is 65.7 Å². The molecule has 0 amide bonds. The molecule has 0 saturated carbocycles. The van der Waals surface area contributed by atoms with Crippen molar-refractivity contribution in [3.63, 3.8) is 0 Å². The maximum absolute atomic E-state index is 6.30. The van der Waals surface area contributed by atoms with Crippen LogP contribution in [-0.2, 0) is 11.3 Å². The van der Waals surface area contributed by atoms with Crippen molar-refractivity contribution in [3.8, 4) is 0 Å². The van der Waals surface area contributed by atoms with Crippen molar-refractivity contribution in [1.29, 1.82) is 0 Å². The van der Waals surface area contributed by atoms with Gasteiger partial charge in [-0.05, 0) is 38.0 Å². The fourth-order valence-corrected chi connectivity index (χ4v) is 2.67. The Morgan fingerprint density at radius 1 is 0.950 bits per heavy atom. The number of hydrogen-bond acceptors (Lipinski definition) is 2. The zero-order valence-electron chi connectivity index (χ0n) is 12.3. The molecule has 0 spiro atoms. The molecule has 20 heavy (non-hydrogen) atoms. The van der Waals surface area contributed by atoms with Gasteiger partial charge in [-0.15, -0.1) is 0 Å². The second-order valence-corrected chi connectivity index (χ2v) is 6.30. The Morgan fingerprint density at radius 3 is 2.30 bits per heavy atom. The van der Waals surface area contributed by atoms with Crippen LogP contribution in [0.3, 0.4) is 0 Å². The number of hydroxylamine groups is 1. The van der Waals surface area contributed by atoms with Gasteiger partial charge in [-0.25, -0.2) is 5.06 Å². The number of benzene rings is 2. The van der Waals surface area contributed by atoms with Gasteiger partial charge >= 0.3 is 0 Å². The van der Waals surface area contributed by atoms with Gasteiger partial charge in [0.25, 0.3) is 0 Å². The maximum atomic E-state index is 6.30. The Morgan fingerprint density at radius 2 is 1.60 bits per heavy atom. The minimum absolute atomic E-state index is 0.0659. The first-order valence-corrected chi connectivity index (χ1v) is 7.15. The number of para-hydroxylation sites is 1. The topological polar surface area (TPSA) is 12.5 Å². The highest BCUT2D eigenvalue weighted by Gasteiger charge is 2.32. The normalized spacial score (nSPS) is 18.8. The van der Waals surface area contributed by atoms with Crippen molar-refractivity contribution in [2.75, 3.05) is 5.06 Å². The lowest BCUT2D eigenvalue weighted by Crippen LogP contribution is -2.45. The van der Waals surface area contributed by atoms with Crippen molar-refractivity contribution in [2.24, 2.45) is 0 Å². The van der Waals surface area contributed by atoms with Crippen molar-refractivity contribution >= 4 is 5.69 Å². The van der Waals surface area contributed by atoms with Gasteiger partial charge in [0.15, 0.2) is 0 Å². The van der Waals surface area contributed by atoms with Crippen molar-refractivity contribution in [1.82, 2.24) is 0 Å². The van der Waals surface area contributed by atoms with E-state index in [-0.39, 0.29) is 11.6 Å².